The Bertz CT molecular complexity index is 505. The maximum Gasteiger partial charge on any atom is 0.215 e. The maximum absolute atomic E-state index is 5.71. The summed E-state index contributed by atoms with van der Waals surface area (Å²) in [6.07, 6.45) is 0. The van der Waals surface area contributed by atoms with Crippen molar-refractivity contribution in [2.75, 3.05) is 18.1 Å². The van der Waals surface area contributed by atoms with Crippen molar-refractivity contribution in [1.29, 1.82) is 0 Å². The molecule has 1 saturated heterocycles. The maximum atomic E-state index is 5.71. The van der Waals surface area contributed by atoms with Gasteiger partial charge in [0.1, 0.15) is 0 Å². The molecule has 0 aromatic carbocycles. The molecular formula is C11H13N3OS. The van der Waals surface area contributed by atoms with Crippen molar-refractivity contribution in [3.05, 3.63) is 23.7 Å². The van der Waals surface area contributed by atoms with Crippen LogP contribution in [0.15, 0.2) is 16.5 Å². The molecule has 0 spiro atoms. The highest BCUT2D eigenvalue weighted by molar-refractivity contribution is 7.99. The Balaban J connectivity index is 1.97. The zero-order valence-electron chi connectivity index (χ0n) is 9.06. The van der Waals surface area contributed by atoms with E-state index < -0.39 is 0 Å². The highest BCUT2D eigenvalue weighted by Gasteiger charge is 2.20. The molecule has 0 saturated carbocycles. The Morgan fingerprint density at radius 3 is 3.19 bits per heavy atom. The molecule has 1 fully saturated rings. The number of hydrogen-bond acceptors (Lipinski definition) is 5. The van der Waals surface area contributed by atoms with Gasteiger partial charge in [-0.15, -0.1) is 0 Å². The van der Waals surface area contributed by atoms with Gasteiger partial charge >= 0.3 is 0 Å². The molecule has 3 rings (SSSR count). The van der Waals surface area contributed by atoms with Crippen molar-refractivity contribution in [2.24, 2.45) is 0 Å². The summed E-state index contributed by atoms with van der Waals surface area (Å²) in [5, 5.41) is 3.41. The molecule has 84 valence electrons. The molecule has 3 heterocycles. The molecule has 1 atom stereocenters. The summed E-state index contributed by atoms with van der Waals surface area (Å²) >= 11 is 1.93. The number of pyridine rings is 1. The van der Waals surface area contributed by atoms with Crippen LogP contribution >= 0.6 is 11.8 Å². The topological polar surface area (TPSA) is 51.0 Å². The van der Waals surface area contributed by atoms with E-state index in [0.29, 0.717) is 5.65 Å². The molecule has 2 aromatic heterocycles. The molecule has 0 aliphatic carbocycles. The fraction of sp³-hybridized carbons (Fsp3) is 0.455. The fourth-order valence-electron chi connectivity index (χ4n) is 1.80. The van der Waals surface area contributed by atoms with Crippen molar-refractivity contribution >= 4 is 23.0 Å². The van der Waals surface area contributed by atoms with Crippen LogP contribution in [0.5, 0.6) is 0 Å². The van der Waals surface area contributed by atoms with E-state index in [-0.39, 0.29) is 6.04 Å². The second-order valence-corrected chi connectivity index (χ2v) is 5.06. The van der Waals surface area contributed by atoms with Gasteiger partial charge < -0.3 is 9.73 Å². The highest BCUT2D eigenvalue weighted by atomic mass is 32.2. The van der Waals surface area contributed by atoms with Crippen LogP contribution < -0.4 is 5.32 Å². The summed E-state index contributed by atoms with van der Waals surface area (Å²) in [4.78, 5) is 8.80. The van der Waals surface area contributed by atoms with E-state index >= 15 is 0 Å². The van der Waals surface area contributed by atoms with Crippen molar-refractivity contribution in [3.63, 3.8) is 0 Å². The van der Waals surface area contributed by atoms with Gasteiger partial charge in [-0.2, -0.15) is 16.7 Å². The second kappa shape index (κ2) is 4.07. The molecule has 1 aliphatic heterocycles. The summed E-state index contributed by atoms with van der Waals surface area (Å²) in [5.74, 6) is 2.94. The number of oxazole rings is 1. The molecule has 5 heteroatoms. The minimum Gasteiger partial charge on any atom is -0.437 e. The van der Waals surface area contributed by atoms with Gasteiger partial charge in [0.2, 0.25) is 5.89 Å². The smallest absolute Gasteiger partial charge is 0.215 e. The second-order valence-electron chi connectivity index (χ2n) is 3.91. The Morgan fingerprint density at radius 1 is 1.44 bits per heavy atom. The van der Waals surface area contributed by atoms with Gasteiger partial charge in [0, 0.05) is 23.7 Å². The summed E-state index contributed by atoms with van der Waals surface area (Å²) in [6.45, 7) is 2.98. The molecule has 1 unspecified atom stereocenters. The third-order valence-electron chi connectivity index (χ3n) is 2.63. The fourth-order valence-corrected chi connectivity index (χ4v) is 2.73. The lowest BCUT2D eigenvalue weighted by atomic mass is 10.3. The van der Waals surface area contributed by atoms with Crippen molar-refractivity contribution < 1.29 is 4.42 Å². The van der Waals surface area contributed by atoms with Crippen LogP contribution in [0.4, 0.5) is 0 Å². The predicted octanol–water partition coefficient (Wildman–Crippen LogP) is 1.91. The number of thioether (sulfide) groups is 1. The summed E-state index contributed by atoms with van der Waals surface area (Å²) in [6, 6.07) is 4.11. The van der Waals surface area contributed by atoms with Crippen molar-refractivity contribution in [2.45, 2.75) is 13.0 Å². The quantitative estimate of drug-likeness (QED) is 0.818. The van der Waals surface area contributed by atoms with E-state index in [1.54, 1.807) is 0 Å². The molecule has 1 N–H and O–H groups in total. The Kier molecular flexibility index (Phi) is 2.57. The Hall–Kier alpha value is -1.07. The molecular weight excluding hydrogens is 222 g/mol. The molecule has 2 aromatic rings. The summed E-state index contributed by atoms with van der Waals surface area (Å²) in [7, 11) is 0. The Labute approximate surface area is 97.8 Å². The molecule has 0 bridgehead atoms. The summed E-state index contributed by atoms with van der Waals surface area (Å²) in [5.41, 5.74) is 2.46. The average Bonchev–Trinajstić information content (AvgIpc) is 2.73. The van der Waals surface area contributed by atoms with Crippen molar-refractivity contribution in [1.82, 2.24) is 15.3 Å². The standard InChI is InChI=1S/C11H13N3OS/c1-7-2-3-9-10(13-7)14-11(15-9)8-6-16-5-4-12-8/h2-3,8,12H,4-6H2,1H3. The highest BCUT2D eigenvalue weighted by Crippen LogP contribution is 2.24. The van der Waals surface area contributed by atoms with Gasteiger partial charge in [0.15, 0.2) is 11.2 Å². The lowest BCUT2D eigenvalue weighted by Gasteiger charge is -2.19. The van der Waals surface area contributed by atoms with Crippen LogP contribution in [0.3, 0.4) is 0 Å². The van der Waals surface area contributed by atoms with Crippen LogP contribution in [0.2, 0.25) is 0 Å². The monoisotopic (exact) mass is 235 g/mol. The van der Waals surface area contributed by atoms with Gasteiger partial charge in [-0.3, -0.25) is 0 Å². The summed E-state index contributed by atoms with van der Waals surface area (Å²) < 4.78 is 5.71. The van der Waals surface area contributed by atoms with Crippen LogP contribution in [-0.4, -0.2) is 28.0 Å². The first-order chi connectivity index (χ1) is 7.83. The van der Waals surface area contributed by atoms with E-state index in [9.17, 15) is 0 Å². The van der Waals surface area contributed by atoms with E-state index in [0.717, 1.165) is 35.2 Å². The first-order valence-corrected chi connectivity index (χ1v) is 6.53. The predicted molar refractivity (Wildman–Crippen MR) is 64.6 cm³/mol. The molecule has 1 aliphatic rings. The van der Waals surface area contributed by atoms with E-state index in [4.69, 9.17) is 4.42 Å². The van der Waals surface area contributed by atoms with E-state index in [2.05, 4.69) is 15.3 Å². The molecule has 16 heavy (non-hydrogen) atoms. The van der Waals surface area contributed by atoms with Crippen LogP contribution in [0.1, 0.15) is 17.6 Å². The van der Waals surface area contributed by atoms with Gasteiger partial charge in [0.25, 0.3) is 0 Å². The largest absolute Gasteiger partial charge is 0.437 e. The van der Waals surface area contributed by atoms with Crippen LogP contribution in [-0.2, 0) is 0 Å². The molecule has 4 nitrogen and oxygen atoms in total. The van der Waals surface area contributed by atoms with Gasteiger partial charge in [0.05, 0.1) is 6.04 Å². The first kappa shape index (κ1) is 10.1. The lowest BCUT2D eigenvalue weighted by molar-refractivity contribution is 0.441. The number of nitrogens with zero attached hydrogens (tertiary/aromatic N) is 2. The van der Waals surface area contributed by atoms with Gasteiger partial charge in [-0.25, -0.2) is 4.98 Å². The third-order valence-corrected chi connectivity index (χ3v) is 3.69. The molecule has 0 amide bonds. The Morgan fingerprint density at radius 2 is 2.38 bits per heavy atom. The number of nitrogens with one attached hydrogen (secondary N) is 1. The number of fused-ring (bicyclic) bond motifs is 1. The van der Waals surface area contributed by atoms with E-state index in [1.165, 1.54) is 0 Å². The number of aromatic nitrogens is 2. The SMILES string of the molecule is Cc1ccc2oc(C3CSCCN3)nc2n1. The normalized spacial score (nSPS) is 21.4. The lowest BCUT2D eigenvalue weighted by Crippen LogP contribution is -2.30. The van der Waals surface area contributed by atoms with E-state index in [1.807, 2.05) is 30.8 Å². The number of rotatable bonds is 1. The first-order valence-electron chi connectivity index (χ1n) is 5.38. The molecule has 0 radical (unpaired) electrons. The van der Waals surface area contributed by atoms with Crippen molar-refractivity contribution in [3.8, 4) is 0 Å². The van der Waals surface area contributed by atoms with Crippen LogP contribution in [0, 0.1) is 6.92 Å². The number of aryl methyl sites for hydroxylation is 1. The zero-order chi connectivity index (χ0) is 11.0. The van der Waals surface area contributed by atoms with Gasteiger partial charge in [-0.05, 0) is 19.1 Å². The van der Waals surface area contributed by atoms with Gasteiger partial charge in [-0.1, -0.05) is 0 Å². The zero-order valence-corrected chi connectivity index (χ0v) is 9.88. The minimum atomic E-state index is 0.230. The number of hydrogen-bond donors (Lipinski definition) is 1. The average molecular weight is 235 g/mol. The minimum absolute atomic E-state index is 0.230. The third kappa shape index (κ3) is 1.81. The van der Waals surface area contributed by atoms with Crippen LogP contribution in [0.25, 0.3) is 11.2 Å².